The second kappa shape index (κ2) is 4.20. The Morgan fingerprint density at radius 2 is 2.31 bits per heavy atom. The molecular weight excluding hydrogens is 176 g/mol. The molecule has 0 radical (unpaired) electrons. The van der Waals surface area contributed by atoms with Gasteiger partial charge in [0.1, 0.15) is 5.82 Å². The van der Waals surface area contributed by atoms with Gasteiger partial charge in [0.25, 0.3) is 0 Å². The fraction of sp³-hybridized carbons (Fsp3) is 0.625. The molecule has 1 rings (SSSR count). The summed E-state index contributed by atoms with van der Waals surface area (Å²) in [5.41, 5.74) is 6.34. The summed E-state index contributed by atoms with van der Waals surface area (Å²) in [5, 5.41) is 3.96. The fourth-order valence-corrected chi connectivity index (χ4v) is 1.16. The zero-order valence-electron chi connectivity index (χ0n) is 7.50. The van der Waals surface area contributed by atoms with Gasteiger partial charge in [0.2, 0.25) is 6.43 Å². The number of alkyl halides is 2. The van der Waals surface area contributed by atoms with Crippen molar-refractivity contribution in [2.75, 3.05) is 5.73 Å². The minimum atomic E-state index is -2.23. The minimum absolute atomic E-state index is 0.0841. The number of hydrogen-bond acceptors (Lipinski definition) is 2. The van der Waals surface area contributed by atoms with Crippen molar-refractivity contribution in [3.63, 3.8) is 0 Å². The summed E-state index contributed by atoms with van der Waals surface area (Å²) in [6.07, 6.45) is -1.88. The molecule has 2 N–H and O–H groups in total. The van der Waals surface area contributed by atoms with Crippen molar-refractivity contribution in [3.05, 3.63) is 11.8 Å². The maximum Gasteiger partial charge on any atom is 0.238 e. The SMILES string of the molecule is Cc1cc(N)nn1CCCC(F)F. The molecule has 5 heteroatoms. The molecule has 0 fully saturated rings. The third-order valence-corrected chi connectivity index (χ3v) is 1.79. The first-order valence-corrected chi connectivity index (χ1v) is 4.17. The Kier molecular flexibility index (Phi) is 3.22. The van der Waals surface area contributed by atoms with Crippen molar-refractivity contribution in [2.24, 2.45) is 0 Å². The van der Waals surface area contributed by atoms with Crippen LogP contribution in [0.3, 0.4) is 0 Å². The number of hydrogen-bond donors (Lipinski definition) is 1. The van der Waals surface area contributed by atoms with E-state index < -0.39 is 6.43 Å². The van der Waals surface area contributed by atoms with E-state index in [2.05, 4.69) is 5.10 Å². The van der Waals surface area contributed by atoms with Crippen molar-refractivity contribution in [1.29, 1.82) is 0 Å². The molecule has 0 spiro atoms. The van der Waals surface area contributed by atoms with Crippen molar-refractivity contribution in [3.8, 4) is 0 Å². The van der Waals surface area contributed by atoms with E-state index in [4.69, 9.17) is 5.73 Å². The molecule has 13 heavy (non-hydrogen) atoms. The Morgan fingerprint density at radius 1 is 1.62 bits per heavy atom. The van der Waals surface area contributed by atoms with E-state index in [-0.39, 0.29) is 6.42 Å². The van der Waals surface area contributed by atoms with Gasteiger partial charge in [-0.05, 0) is 13.3 Å². The quantitative estimate of drug-likeness (QED) is 0.785. The smallest absolute Gasteiger partial charge is 0.238 e. The molecule has 0 saturated heterocycles. The number of nitrogen functional groups attached to an aromatic ring is 1. The van der Waals surface area contributed by atoms with Crippen LogP contribution in [-0.4, -0.2) is 16.2 Å². The molecule has 1 aromatic heterocycles. The fourth-order valence-electron chi connectivity index (χ4n) is 1.16. The van der Waals surface area contributed by atoms with Crippen molar-refractivity contribution in [1.82, 2.24) is 9.78 Å². The number of nitrogens with zero attached hydrogens (tertiary/aromatic N) is 2. The highest BCUT2D eigenvalue weighted by Gasteiger charge is 2.04. The predicted octanol–water partition coefficient (Wildman–Crippen LogP) is 1.82. The van der Waals surface area contributed by atoms with Gasteiger partial charge in [-0.3, -0.25) is 4.68 Å². The summed E-state index contributed by atoms with van der Waals surface area (Å²) in [7, 11) is 0. The normalized spacial score (nSPS) is 11.1. The lowest BCUT2D eigenvalue weighted by atomic mass is 10.3. The third kappa shape index (κ3) is 3.01. The van der Waals surface area contributed by atoms with Crippen LogP contribution in [0.25, 0.3) is 0 Å². The highest BCUT2D eigenvalue weighted by atomic mass is 19.3. The molecular formula is C8H13F2N3. The number of nitrogens with two attached hydrogens (primary N) is 1. The van der Waals surface area contributed by atoms with E-state index in [1.165, 1.54) is 0 Å². The van der Waals surface area contributed by atoms with Crippen LogP contribution in [-0.2, 0) is 6.54 Å². The highest BCUT2D eigenvalue weighted by Crippen LogP contribution is 2.08. The Bertz CT molecular complexity index is 270. The molecule has 3 nitrogen and oxygen atoms in total. The Labute approximate surface area is 75.5 Å². The minimum Gasteiger partial charge on any atom is -0.382 e. The molecule has 1 aromatic rings. The molecule has 0 unspecified atom stereocenters. The van der Waals surface area contributed by atoms with Gasteiger partial charge in [-0.1, -0.05) is 0 Å². The molecule has 0 saturated carbocycles. The number of halogens is 2. The van der Waals surface area contributed by atoms with Crippen LogP contribution >= 0.6 is 0 Å². The molecule has 0 aromatic carbocycles. The number of rotatable bonds is 4. The van der Waals surface area contributed by atoms with Gasteiger partial charge in [-0.25, -0.2) is 8.78 Å². The first kappa shape index (κ1) is 9.95. The van der Waals surface area contributed by atoms with Crippen LogP contribution in [0.2, 0.25) is 0 Å². The van der Waals surface area contributed by atoms with Gasteiger partial charge < -0.3 is 5.73 Å². The van der Waals surface area contributed by atoms with Crippen LogP contribution in [0, 0.1) is 6.92 Å². The Balaban J connectivity index is 2.40. The molecule has 1 heterocycles. The van der Waals surface area contributed by atoms with Crippen LogP contribution in [0.5, 0.6) is 0 Å². The van der Waals surface area contributed by atoms with Gasteiger partial charge in [0.05, 0.1) is 0 Å². The third-order valence-electron chi connectivity index (χ3n) is 1.79. The average molecular weight is 189 g/mol. The van der Waals surface area contributed by atoms with Crippen molar-refractivity contribution in [2.45, 2.75) is 32.7 Å². The lowest BCUT2D eigenvalue weighted by Gasteiger charge is -2.02. The number of anilines is 1. The first-order valence-electron chi connectivity index (χ1n) is 4.17. The van der Waals surface area contributed by atoms with Crippen LogP contribution in [0.15, 0.2) is 6.07 Å². The number of aromatic nitrogens is 2. The van der Waals surface area contributed by atoms with Gasteiger partial charge in [-0.2, -0.15) is 5.10 Å². The number of aryl methyl sites for hydroxylation is 2. The molecule has 74 valence electrons. The zero-order chi connectivity index (χ0) is 9.84. The van der Waals surface area contributed by atoms with Gasteiger partial charge in [-0.15, -0.1) is 0 Å². The maximum absolute atomic E-state index is 11.8. The summed E-state index contributed by atoms with van der Waals surface area (Å²) >= 11 is 0. The summed E-state index contributed by atoms with van der Waals surface area (Å²) in [6.45, 7) is 2.36. The van der Waals surface area contributed by atoms with Gasteiger partial charge in [0, 0.05) is 24.7 Å². The molecule has 0 amide bonds. The monoisotopic (exact) mass is 189 g/mol. The molecule has 0 atom stereocenters. The largest absolute Gasteiger partial charge is 0.382 e. The summed E-state index contributed by atoms with van der Waals surface area (Å²) in [5.74, 6) is 0.439. The van der Waals surface area contributed by atoms with E-state index in [9.17, 15) is 8.78 Å². The lowest BCUT2D eigenvalue weighted by Crippen LogP contribution is -2.04. The van der Waals surface area contributed by atoms with Crippen LogP contribution < -0.4 is 5.73 Å². The predicted molar refractivity (Wildman–Crippen MR) is 46.6 cm³/mol. The van der Waals surface area contributed by atoms with E-state index in [1.807, 2.05) is 6.92 Å². The molecule has 0 aliphatic carbocycles. The highest BCUT2D eigenvalue weighted by molar-refractivity contribution is 5.28. The lowest BCUT2D eigenvalue weighted by molar-refractivity contribution is 0.132. The van der Waals surface area contributed by atoms with Crippen molar-refractivity contribution < 1.29 is 8.78 Å². The van der Waals surface area contributed by atoms with Crippen LogP contribution in [0.4, 0.5) is 14.6 Å². The van der Waals surface area contributed by atoms with Gasteiger partial charge in [0.15, 0.2) is 0 Å². The second-order valence-corrected chi connectivity index (χ2v) is 2.97. The second-order valence-electron chi connectivity index (χ2n) is 2.97. The van der Waals surface area contributed by atoms with Crippen molar-refractivity contribution >= 4 is 5.82 Å². The summed E-state index contributed by atoms with van der Waals surface area (Å²) in [4.78, 5) is 0. The van der Waals surface area contributed by atoms with E-state index in [1.54, 1.807) is 10.7 Å². The Hall–Kier alpha value is -1.13. The maximum atomic E-state index is 11.8. The summed E-state index contributed by atoms with van der Waals surface area (Å²) in [6, 6.07) is 1.72. The van der Waals surface area contributed by atoms with Crippen LogP contribution in [0.1, 0.15) is 18.5 Å². The zero-order valence-corrected chi connectivity index (χ0v) is 7.50. The molecule has 0 aliphatic heterocycles. The molecule has 0 aliphatic rings. The average Bonchev–Trinajstić information content (AvgIpc) is 2.29. The van der Waals surface area contributed by atoms with E-state index in [0.29, 0.717) is 18.8 Å². The Morgan fingerprint density at radius 3 is 2.77 bits per heavy atom. The topological polar surface area (TPSA) is 43.8 Å². The standard InChI is InChI=1S/C8H13F2N3/c1-6-5-8(11)12-13(6)4-2-3-7(9)10/h5,7H,2-4H2,1H3,(H2,11,12). The molecule has 0 bridgehead atoms. The van der Waals surface area contributed by atoms with Gasteiger partial charge >= 0.3 is 0 Å². The van der Waals surface area contributed by atoms with E-state index in [0.717, 1.165) is 5.69 Å². The van der Waals surface area contributed by atoms with E-state index >= 15 is 0 Å². The summed E-state index contributed by atoms with van der Waals surface area (Å²) < 4.78 is 25.2. The first-order chi connectivity index (χ1) is 6.09.